The number of nitrogens with zero attached hydrogens (tertiary/aromatic N) is 4. The number of rotatable bonds is 11. The molecular formula is C34H31N5O3S. The minimum atomic E-state index is -0.487. The van der Waals surface area contributed by atoms with Crippen LogP contribution in [0.5, 0.6) is 0 Å². The predicted molar refractivity (Wildman–Crippen MR) is 170 cm³/mol. The molecule has 43 heavy (non-hydrogen) atoms. The molecule has 0 aliphatic carbocycles. The van der Waals surface area contributed by atoms with Gasteiger partial charge in [0.05, 0.1) is 11.0 Å². The number of nitrogens with one attached hydrogen (secondary N) is 1. The Labute approximate surface area is 254 Å². The second kappa shape index (κ2) is 13.8. The van der Waals surface area contributed by atoms with Crippen LogP contribution in [0.3, 0.4) is 0 Å². The third-order valence-electron chi connectivity index (χ3n) is 6.84. The Morgan fingerprint density at radius 1 is 0.907 bits per heavy atom. The second-order valence-electron chi connectivity index (χ2n) is 10.2. The van der Waals surface area contributed by atoms with Gasteiger partial charge in [-0.3, -0.25) is 19.5 Å². The molecule has 0 saturated carbocycles. The zero-order chi connectivity index (χ0) is 30.2. The fourth-order valence-corrected chi connectivity index (χ4v) is 5.54. The summed E-state index contributed by atoms with van der Waals surface area (Å²) >= 11 is 1.60. The Balaban J connectivity index is 1.47. The summed E-state index contributed by atoms with van der Waals surface area (Å²) in [6.07, 6.45) is 3.57. The summed E-state index contributed by atoms with van der Waals surface area (Å²) < 4.78 is 2.02. The van der Waals surface area contributed by atoms with E-state index in [1.165, 1.54) is 29.3 Å². The molecule has 0 saturated heterocycles. The molecule has 1 aromatic heterocycles. The fourth-order valence-electron chi connectivity index (χ4n) is 4.64. The molecular weight excluding hydrogens is 558 g/mol. The zero-order valence-electron chi connectivity index (χ0n) is 23.9. The number of hydrogen-bond donors (Lipinski definition) is 1. The lowest BCUT2D eigenvalue weighted by atomic mass is 10.0. The molecule has 9 heteroatoms. The van der Waals surface area contributed by atoms with E-state index in [-0.39, 0.29) is 11.6 Å². The monoisotopic (exact) mass is 589 g/mol. The number of carbonyl (C=O) groups excluding carboxylic acids is 1. The number of nitro groups is 1. The van der Waals surface area contributed by atoms with E-state index in [9.17, 15) is 14.9 Å². The number of benzene rings is 4. The first-order valence-corrected chi connectivity index (χ1v) is 14.8. The molecule has 1 heterocycles. The number of amides is 1. The van der Waals surface area contributed by atoms with Crippen molar-refractivity contribution in [1.29, 1.82) is 0 Å². The quantitative estimate of drug-likeness (QED) is 0.0757. The normalized spacial score (nSPS) is 11.9. The smallest absolute Gasteiger partial charge is 0.269 e. The van der Waals surface area contributed by atoms with Gasteiger partial charge in [-0.05, 0) is 67.3 Å². The highest BCUT2D eigenvalue weighted by Gasteiger charge is 2.24. The highest BCUT2D eigenvalue weighted by Crippen LogP contribution is 2.29. The zero-order valence-corrected chi connectivity index (χ0v) is 24.7. The number of aromatic nitrogens is 3. The number of nitro benzene ring substituents is 1. The Morgan fingerprint density at radius 3 is 2.33 bits per heavy atom. The van der Waals surface area contributed by atoms with Crippen LogP contribution in [0.25, 0.3) is 11.8 Å². The van der Waals surface area contributed by atoms with E-state index in [1.807, 2.05) is 66.1 Å². The largest absolute Gasteiger partial charge is 0.342 e. The molecule has 0 spiro atoms. The highest BCUT2D eigenvalue weighted by molar-refractivity contribution is 7.98. The van der Waals surface area contributed by atoms with E-state index >= 15 is 0 Å². The van der Waals surface area contributed by atoms with Crippen molar-refractivity contribution in [3.63, 3.8) is 0 Å². The Morgan fingerprint density at radius 2 is 1.63 bits per heavy atom. The van der Waals surface area contributed by atoms with E-state index in [4.69, 9.17) is 0 Å². The molecule has 1 amide bonds. The topological polar surface area (TPSA) is 103 Å². The molecule has 1 unspecified atom stereocenters. The molecule has 4 aromatic carbocycles. The third kappa shape index (κ3) is 7.84. The molecule has 5 rings (SSSR count). The summed E-state index contributed by atoms with van der Waals surface area (Å²) in [7, 11) is 0. The lowest BCUT2D eigenvalue weighted by molar-refractivity contribution is -0.384. The average molecular weight is 590 g/mol. The molecule has 0 bridgehead atoms. The first-order valence-electron chi connectivity index (χ1n) is 13.8. The van der Waals surface area contributed by atoms with Crippen molar-refractivity contribution in [2.45, 2.75) is 37.2 Å². The minimum Gasteiger partial charge on any atom is -0.342 e. The van der Waals surface area contributed by atoms with Crippen molar-refractivity contribution in [3.05, 3.63) is 153 Å². The lowest BCUT2D eigenvalue weighted by Gasteiger charge is -2.20. The lowest BCUT2D eigenvalue weighted by Crippen LogP contribution is -2.30. The van der Waals surface area contributed by atoms with E-state index in [0.29, 0.717) is 17.8 Å². The summed E-state index contributed by atoms with van der Waals surface area (Å²) in [5.74, 6) is 1.03. The van der Waals surface area contributed by atoms with Gasteiger partial charge in [-0.25, -0.2) is 0 Å². The van der Waals surface area contributed by atoms with Gasteiger partial charge in [0.1, 0.15) is 0 Å². The van der Waals surface area contributed by atoms with Crippen molar-refractivity contribution >= 4 is 29.4 Å². The number of thioether (sulfide) groups is 1. The van der Waals surface area contributed by atoms with Crippen LogP contribution in [0.4, 0.5) is 5.69 Å². The van der Waals surface area contributed by atoms with Crippen molar-refractivity contribution in [2.75, 3.05) is 0 Å². The fraction of sp³-hybridized carbons (Fsp3) is 0.147. The van der Waals surface area contributed by atoms with Crippen LogP contribution < -0.4 is 5.32 Å². The standard InChI is InChI=1S/C34H31N5O3S/c1-24-11-16-29(17-12-24)38-33(36-37-34(38)43-23-28-10-6-7-25(2)21-28)31(22-27-8-4-3-5-9-27)35-32(40)20-15-26-13-18-30(19-14-26)39(41)42/h3-21,31H,22-23H2,1-2H3,(H,35,40)/b20-15+. The highest BCUT2D eigenvalue weighted by atomic mass is 32.2. The summed E-state index contributed by atoms with van der Waals surface area (Å²) in [5, 5.41) is 24.0. The summed E-state index contributed by atoms with van der Waals surface area (Å²) in [4.78, 5) is 23.8. The number of hydrogen-bond acceptors (Lipinski definition) is 6. The Bertz CT molecular complexity index is 1730. The van der Waals surface area contributed by atoms with Gasteiger partial charge in [0.2, 0.25) is 5.91 Å². The number of non-ortho nitro benzene ring substituents is 1. The van der Waals surface area contributed by atoms with Gasteiger partial charge < -0.3 is 5.32 Å². The van der Waals surface area contributed by atoms with Crippen LogP contribution in [-0.4, -0.2) is 25.6 Å². The Hall–Kier alpha value is -5.02. The van der Waals surface area contributed by atoms with Crippen LogP contribution in [0.15, 0.2) is 114 Å². The summed E-state index contributed by atoms with van der Waals surface area (Å²) in [6, 6.07) is 32.0. The van der Waals surface area contributed by atoms with E-state index < -0.39 is 11.0 Å². The molecule has 0 aliphatic rings. The first-order chi connectivity index (χ1) is 20.9. The summed E-state index contributed by atoms with van der Waals surface area (Å²) in [5.41, 5.74) is 6.15. The van der Waals surface area contributed by atoms with Crippen LogP contribution in [0.2, 0.25) is 0 Å². The molecule has 1 atom stereocenters. The molecule has 8 nitrogen and oxygen atoms in total. The minimum absolute atomic E-state index is 0.00367. The molecule has 1 N–H and O–H groups in total. The average Bonchev–Trinajstić information content (AvgIpc) is 3.44. The van der Waals surface area contributed by atoms with E-state index in [1.54, 1.807) is 30.0 Å². The van der Waals surface area contributed by atoms with Crippen LogP contribution in [0.1, 0.15) is 39.7 Å². The van der Waals surface area contributed by atoms with Gasteiger partial charge >= 0.3 is 0 Å². The third-order valence-corrected chi connectivity index (χ3v) is 7.84. The van der Waals surface area contributed by atoms with Gasteiger partial charge in [-0.2, -0.15) is 0 Å². The maximum absolute atomic E-state index is 13.2. The molecule has 0 radical (unpaired) electrons. The number of aryl methyl sites for hydroxylation is 2. The molecule has 0 aliphatic heterocycles. The van der Waals surface area contributed by atoms with Gasteiger partial charge in [0.25, 0.3) is 5.69 Å². The first kappa shape index (κ1) is 29.5. The van der Waals surface area contributed by atoms with Gasteiger partial charge in [-0.15, -0.1) is 10.2 Å². The number of carbonyl (C=O) groups is 1. The van der Waals surface area contributed by atoms with Crippen molar-refractivity contribution in [2.24, 2.45) is 0 Å². The molecule has 216 valence electrons. The van der Waals surface area contributed by atoms with Gasteiger partial charge in [0.15, 0.2) is 11.0 Å². The van der Waals surface area contributed by atoms with Gasteiger partial charge in [-0.1, -0.05) is 89.6 Å². The van der Waals surface area contributed by atoms with E-state index in [2.05, 4.69) is 46.7 Å². The van der Waals surface area contributed by atoms with Crippen LogP contribution >= 0.6 is 11.8 Å². The predicted octanol–water partition coefficient (Wildman–Crippen LogP) is 7.20. The van der Waals surface area contributed by atoms with Crippen LogP contribution in [0, 0.1) is 24.0 Å². The summed E-state index contributed by atoms with van der Waals surface area (Å²) in [6.45, 7) is 4.12. The van der Waals surface area contributed by atoms with Crippen molar-refractivity contribution < 1.29 is 9.72 Å². The maximum Gasteiger partial charge on any atom is 0.269 e. The SMILES string of the molecule is Cc1ccc(-n2c(SCc3cccc(C)c3)nnc2C(Cc2ccccc2)NC(=O)/C=C/c2ccc([N+](=O)[O-])cc2)cc1. The van der Waals surface area contributed by atoms with Crippen LogP contribution in [-0.2, 0) is 17.0 Å². The van der Waals surface area contributed by atoms with Gasteiger partial charge in [0, 0.05) is 29.6 Å². The van der Waals surface area contributed by atoms with Crippen molar-refractivity contribution in [1.82, 2.24) is 20.1 Å². The van der Waals surface area contributed by atoms with E-state index in [0.717, 1.165) is 27.7 Å². The second-order valence-corrected chi connectivity index (χ2v) is 11.2. The molecule has 0 fully saturated rings. The molecule has 5 aromatic rings. The maximum atomic E-state index is 13.2. The van der Waals surface area contributed by atoms with Crippen molar-refractivity contribution in [3.8, 4) is 5.69 Å². The Kier molecular flexibility index (Phi) is 9.43.